The Morgan fingerprint density at radius 3 is 1.90 bits per heavy atom. The Morgan fingerprint density at radius 2 is 1.12 bits per heavy atom. The van der Waals surface area contributed by atoms with Crippen LogP contribution in [0, 0.1) is 0 Å². The molecular weight excluding hydrogens is 667 g/mol. The number of anilines is 2. The van der Waals surface area contributed by atoms with Gasteiger partial charge in [0.2, 0.25) is 0 Å². The average Bonchev–Trinajstić information content (AvgIpc) is 3.21. The first kappa shape index (κ1) is 31.3. The Morgan fingerprint density at radius 1 is 0.481 bits per heavy atom. The highest BCUT2D eigenvalue weighted by Gasteiger charge is 2.48. The summed E-state index contributed by atoms with van der Waals surface area (Å²) in [5, 5.41) is 3.64. The standard InChI is InChI=1S/C49H35NS2/c1-3-14-33(15-4-1)35-26-28-42-47(31-35)52-48-32-36(27-29-43(48)49(42)40-21-8-11-24-45(40)51-46-25-12-9-22-41(46)49)34-16-13-17-37(30-34)39-20-7-10-23-44(39)50-38-18-5-2-6-19-38/h1-14,16-33,50H,15H2. The number of benzene rings is 7. The Bertz CT molecular complexity index is 2500. The van der Waals surface area contributed by atoms with Crippen molar-refractivity contribution in [3.05, 3.63) is 216 Å². The maximum Gasteiger partial charge on any atom is 0.0745 e. The molecule has 0 aromatic heterocycles. The summed E-state index contributed by atoms with van der Waals surface area (Å²) >= 11 is 3.83. The summed E-state index contributed by atoms with van der Waals surface area (Å²) in [6, 6.07) is 60.6. The molecule has 0 radical (unpaired) electrons. The summed E-state index contributed by atoms with van der Waals surface area (Å²) in [5.41, 5.74) is 13.4. The fraction of sp³-hybridized carbons (Fsp3) is 0.0612. The number of rotatable bonds is 5. The van der Waals surface area contributed by atoms with Crippen LogP contribution in [0.5, 0.6) is 0 Å². The van der Waals surface area contributed by atoms with E-state index in [1.54, 1.807) is 0 Å². The van der Waals surface area contributed by atoms with Crippen LogP contribution in [0.25, 0.3) is 22.3 Å². The quantitative estimate of drug-likeness (QED) is 0.192. The van der Waals surface area contributed by atoms with E-state index in [0.29, 0.717) is 5.92 Å². The zero-order valence-electron chi connectivity index (χ0n) is 28.5. The SMILES string of the molecule is C1=CCC(c2ccc3c(c2)Sc2cc(-c4cccc(-c5ccccc5Nc5ccccc5)c4)ccc2C32c3ccccc3Sc3ccccc32)C=C1. The molecule has 2 aliphatic heterocycles. The zero-order valence-corrected chi connectivity index (χ0v) is 30.1. The highest BCUT2D eigenvalue weighted by Crippen LogP contribution is 2.62. The van der Waals surface area contributed by atoms with E-state index < -0.39 is 5.41 Å². The van der Waals surface area contributed by atoms with Gasteiger partial charge in [0.1, 0.15) is 0 Å². The maximum atomic E-state index is 3.64. The first-order valence-corrected chi connectivity index (χ1v) is 19.6. The van der Waals surface area contributed by atoms with E-state index in [1.165, 1.54) is 69.7 Å². The van der Waals surface area contributed by atoms with E-state index in [2.05, 4.69) is 187 Å². The Kier molecular flexibility index (Phi) is 7.78. The van der Waals surface area contributed by atoms with Crippen LogP contribution >= 0.6 is 23.5 Å². The van der Waals surface area contributed by atoms with Crippen LogP contribution in [-0.2, 0) is 5.41 Å². The van der Waals surface area contributed by atoms with Gasteiger partial charge in [-0.3, -0.25) is 0 Å². The van der Waals surface area contributed by atoms with Crippen LogP contribution in [0.15, 0.2) is 208 Å². The molecule has 0 amide bonds. The van der Waals surface area contributed by atoms with Crippen LogP contribution < -0.4 is 5.32 Å². The molecule has 10 rings (SSSR count). The van der Waals surface area contributed by atoms with Crippen molar-refractivity contribution in [1.29, 1.82) is 0 Å². The van der Waals surface area contributed by atoms with Gasteiger partial charge < -0.3 is 5.32 Å². The number of para-hydroxylation sites is 2. The van der Waals surface area contributed by atoms with E-state index >= 15 is 0 Å². The largest absolute Gasteiger partial charge is 0.355 e. The lowest BCUT2D eigenvalue weighted by Gasteiger charge is -2.45. The smallest absolute Gasteiger partial charge is 0.0745 e. The van der Waals surface area contributed by atoms with Gasteiger partial charge in [0.05, 0.1) is 5.41 Å². The minimum atomic E-state index is -0.419. The van der Waals surface area contributed by atoms with Gasteiger partial charge in [-0.15, -0.1) is 0 Å². The predicted molar refractivity (Wildman–Crippen MR) is 219 cm³/mol. The number of fused-ring (bicyclic) bond motifs is 8. The molecule has 3 heteroatoms. The van der Waals surface area contributed by atoms with Gasteiger partial charge in [-0.05, 0) is 99.5 Å². The molecule has 1 atom stereocenters. The molecule has 1 spiro atoms. The molecule has 0 saturated heterocycles. The Hall–Kier alpha value is -5.48. The van der Waals surface area contributed by atoms with Gasteiger partial charge in [0, 0.05) is 42.4 Å². The zero-order chi connectivity index (χ0) is 34.5. The third-order valence-corrected chi connectivity index (χ3v) is 13.0. The second-order valence-electron chi connectivity index (χ2n) is 13.7. The lowest BCUT2D eigenvalue weighted by Crippen LogP contribution is -2.36. The lowest BCUT2D eigenvalue weighted by molar-refractivity contribution is 0.665. The number of nitrogens with one attached hydrogen (secondary N) is 1. The molecular formula is C49H35NS2. The van der Waals surface area contributed by atoms with Crippen molar-refractivity contribution in [3.63, 3.8) is 0 Å². The minimum absolute atomic E-state index is 0.392. The van der Waals surface area contributed by atoms with E-state index in [1.807, 2.05) is 29.6 Å². The topological polar surface area (TPSA) is 12.0 Å². The van der Waals surface area contributed by atoms with Crippen molar-refractivity contribution < 1.29 is 0 Å². The molecule has 0 saturated carbocycles. The van der Waals surface area contributed by atoms with Crippen molar-refractivity contribution in [3.8, 4) is 22.3 Å². The first-order chi connectivity index (χ1) is 25.8. The molecule has 1 aliphatic carbocycles. The summed E-state index contributed by atoms with van der Waals surface area (Å²) in [6.07, 6.45) is 10.0. The van der Waals surface area contributed by atoms with Crippen LogP contribution in [-0.4, -0.2) is 0 Å². The van der Waals surface area contributed by atoms with Crippen molar-refractivity contribution in [2.24, 2.45) is 0 Å². The summed E-state index contributed by atoms with van der Waals surface area (Å²) < 4.78 is 0. The fourth-order valence-corrected chi connectivity index (χ4v) is 10.8. The van der Waals surface area contributed by atoms with Gasteiger partial charge in [-0.1, -0.05) is 163 Å². The van der Waals surface area contributed by atoms with Gasteiger partial charge in [-0.25, -0.2) is 0 Å². The van der Waals surface area contributed by atoms with Crippen molar-refractivity contribution in [2.75, 3.05) is 5.32 Å². The lowest BCUT2D eigenvalue weighted by atomic mass is 9.64. The third kappa shape index (κ3) is 5.19. The molecule has 1 N–H and O–H groups in total. The number of allylic oxidation sites excluding steroid dienone is 4. The number of hydrogen-bond donors (Lipinski definition) is 1. The van der Waals surface area contributed by atoms with Gasteiger partial charge in [0.15, 0.2) is 0 Å². The number of hydrogen-bond acceptors (Lipinski definition) is 3. The summed E-state index contributed by atoms with van der Waals surface area (Å²) in [7, 11) is 0. The molecule has 0 bridgehead atoms. The molecule has 2 heterocycles. The van der Waals surface area contributed by atoms with Crippen LogP contribution in [0.1, 0.15) is 40.2 Å². The molecule has 7 aromatic carbocycles. The molecule has 7 aromatic rings. The van der Waals surface area contributed by atoms with Gasteiger partial charge in [-0.2, -0.15) is 0 Å². The summed E-state index contributed by atoms with van der Waals surface area (Å²) in [5.74, 6) is 0.392. The fourth-order valence-electron chi connectivity index (χ4n) is 8.31. The average molecular weight is 702 g/mol. The molecule has 1 nitrogen and oxygen atoms in total. The van der Waals surface area contributed by atoms with E-state index in [4.69, 9.17) is 0 Å². The molecule has 1 unspecified atom stereocenters. The molecule has 0 fully saturated rings. The van der Waals surface area contributed by atoms with Crippen molar-refractivity contribution >= 4 is 34.9 Å². The highest BCUT2D eigenvalue weighted by molar-refractivity contribution is 8.00. The normalized spacial score (nSPS) is 16.0. The van der Waals surface area contributed by atoms with Crippen LogP contribution in [0.3, 0.4) is 0 Å². The molecule has 52 heavy (non-hydrogen) atoms. The maximum absolute atomic E-state index is 3.64. The predicted octanol–water partition coefficient (Wildman–Crippen LogP) is 13.7. The minimum Gasteiger partial charge on any atom is -0.355 e. The van der Waals surface area contributed by atoms with Crippen molar-refractivity contribution in [1.82, 2.24) is 0 Å². The second-order valence-corrected chi connectivity index (χ2v) is 15.9. The Labute approximate surface area is 314 Å². The summed E-state index contributed by atoms with van der Waals surface area (Å²) in [4.78, 5) is 5.31. The van der Waals surface area contributed by atoms with Crippen LogP contribution in [0.4, 0.5) is 11.4 Å². The second kappa shape index (κ2) is 12.9. The third-order valence-electron chi connectivity index (χ3n) is 10.7. The van der Waals surface area contributed by atoms with Gasteiger partial charge >= 0.3 is 0 Å². The van der Waals surface area contributed by atoms with E-state index in [9.17, 15) is 0 Å². The summed E-state index contributed by atoms with van der Waals surface area (Å²) in [6.45, 7) is 0. The van der Waals surface area contributed by atoms with E-state index in [0.717, 1.165) is 17.8 Å². The molecule has 248 valence electrons. The van der Waals surface area contributed by atoms with E-state index in [-0.39, 0.29) is 0 Å². The Balaban J connectivity index is 1.14. The van der Waals surface area contributed by atoms with Crippen LogP contribution in [0.2, 0.25) is 0 Å². The van der Waals surface area contributed by atoms with Crippen molar-refractivity contribution in [2.45, 2.75) is 37.3 Å². The monoisotopic (exact) mass is 701 g/mol. The highest BCUT2D eigenvalue weighted by atomic mass is 32.2. The first-order valence-electron chi connectivity index (χ1n) is 17.9. The molecule has 3 aliphatic rings. The van der Waals surface area contributed by atoms with Gasteiger partial charge in [0.25, 0.3) is 0 Å².